The molecule has 0 saturated heterocycles. The first-order valence-electron chi connectivity index (χ1n) is 3.92. The van der Waals surface area contributed by atoms with Crippen LogP contribution >= 0.6 is 38.5 Å². The third-order valence-corrected chi connectivity index (χ3v) is 3.13. The van der Waals surface area contributed by atoms with E-state index in [1.54, 1.807) is 22.6 Å². The van der Waals surface area contributed by atoms with Crippen LogP contribution in [0, 0.1) is 3.57 Å². The largest absolute Gasteiger partial charge is 0.573 e. The van der Waals surface area contributed by atoms with Gasteiger partial charge < -0.3 is 9.47 Å². The second-order valence-corrected chi connectivity index (χ2v) is 4.26. The Balaban J connectivity index is 3.21. The van der Waals surface area contributed by atoms with Gasteiger partial charge in [-0.15, -0.1) is 13.2 Å². The number of rotatable bonds is 3. The zero-order valence-electron chi connectivity index (χ0n) is 7.94. The Kier molecular flexibility index (Phi) is 4.65. The first-order chi connectivity index (χ1) is 7.39. The standard InChI is InChI=1S/C8H6BrF3INO2/c1-15-7-5(13)6(16-8(10,11)12)4(2-9)3-14-7/h3H,2H2,1H3. The summed E-state index contributed by atoms with van der Waals surface area (Å²) in [4.78, 5) is 3.85. The van der Waals surface area contributed by atoms with Crippen molar-refractivity contribution < 1.29 is 22.6 Å². The van der Waals surface area contributed by atoms with Crippen molar-refractivity contribution in [1.29, 1.82) is 0 Å². The average Bonchev–Trinajstić information content (AvgIpc) is 2.19. The van der Waals surface area contributed by atoms with E-state index in [0.29, 0.717) is 5.56 Å². The van der Waals surface area contributed by atoms with Gasteiger partial charge >= 0.3 is 6.36 Å². The molecule has 3 nitrogen and oxygen atoms in total. The molecule has 0 saturated carbocycles. The van der Waals surface area contributed by atoms with Gasteiger partial charge in [0.1, 0.15) is 3.57 Å². The van der Waals surface area contributed by atoms with E-state index in [1.807, 2.05) is 0 Å². The summed E-state index contributed by atoms with van der Waals surface area (Å²) < 4.78 is 45.5. The first kappa shape index (κ1) is 13.8. The van der Waals surface area contributed by atoms with Crippen molar-refractivity contribution in [3.63, 3.8) is 0 Å². The van der Waals surface area contributed by atoms with Crippen LogP contribution in [0.5, 0.6) is 11.6 Å². The van der Waals surface area contributed by atoms with Gasteiger partial charge in [-0.05, 0) is 22.6 Å². The highest BCUT2D eigenvalue weighted by atomic mass is 127. The molecule has 0 bridgehead atoms. The highest BCUT2D eigenvalue weighted by Crippen LogP contribution is 2.36. The van der Waals surface area contributed by atoms with Gasteiger partial charge in [-0.3, -0.25) is 0 Å². The number of aromatic nitrogens is 1. The Morgan fingerprint density at radius 1 is 1.50 bits per heavy atom. The summed E-state index contributed by atoms with van der Waals surface area (Å²) in [6.07, 6.45) is -3.46. The van der Waals surface area contributed by atoms with Crippen LogP contribution in [0.25, 0.3) is 0 Å². The van der Waals surface area contributed by atoms with Crippen LogP contribution in [0.1, 0.15) is 5.56 Å². The fourth-order valence-electron chi connectivity index (χ4n) is 0.954. The van der Waals surface area contributed by atoms with Gasteiger partial charge in [-0.1, -0.05) is 15.9 Å². The van der Waals surface area contributed by atoms with Crippen LogP contribution in [0.4, 0.5) is 13.2 Å². The first-order valence-corrected chi connectivity index (χ1v) is 6.12. The Bertz CT molecular complexity index is 386. The lowest BCUT2D eigenvalue weighted by molar-refractivity contribution is -0.275. The van der Waals surface area contributed by atoms with Gasteiger partial charge in [0.15, 0.2) is 5.75 Å². The molecule has 1 heterocycles. The number of hydrogen-bond acceptors (Lipinski definition) is 3. The predicted octanol–water partition coefficient (Wildman–Crippen LogP) is 3.49. The van der Waals surface area contributed by atoms with Crippen molar-refractivity contribution in [3.8, 4) is 11.6 Å². The summed E-state index contributed by atoms with van der Waals surface area (Å²) >= 11 is 4.76. The number of halogens is 5. The molecule has 0 aliphatic rings. The minimum absolute atomic E-state index is 0.101. The van der Waals surface area contributed by atoms with Crippen LogP contribution in [0.3, 0.4) is 0 Å². The number of nitrogens with zero attached hydrogens (tertiary/aromatic N) is 1. The summed E-state index contributed by atoms with van der Waals surface area (Å²) in [5.74, 6) is -0.179. The molecule has 0 fully saturated rings. The van der Waals surface area contributed by atoms with Crippen molar-refractivity contribution >= 4 is 38.5 Å². The van der Waals surface area contributed by atoms with E-state index in [1.165, 1.54) is 13.3 Å². The van der Waals surface area contributed by atoms with E-state index in [9.17, 15) is 13.2 Å². The molecule has 16 heavy (non-hydrogen) atoms. The van der Waals surface area contributed by atoms with Crippen LogP contribution < -0.4 is 9.47 Å². The summed E-state index contributed by atoms with van der Waals surface area (Å²) in [6, 6.07) is 0. The van der Waals surface area contributed by atoms with Crippen molar-refractivity contribution in [2.75, 3.05) is 7.11 Å². The van der Waals surface area contributed by atoms with Crippen LogP contribution in [0.15, 0.2) is 6.20 Å². The normalized spacial score (nSPS) is 11.4. The second-order valence-electron chi connectivity index (χ2n) is 2.62. The topological polar surface area (TPSA) is 31.4 Å². The maximum absolute atomic E-state index is 12.2. The zero-order chi connectivity index (χ0) is 12.3. The highest BCUT2D eigenvalue weighted by Gasteiger charge is 2.33. The van der Waals surface area contributed by atoms with E-state index in [4.69, 9.17) is 4.74 Å². The molecule has 1 aromatic heterocycles. The average molecular weight is 412 g/mol. The molecule has 1 rings (SSSR count). The molecule has 1 aromatic rings. The van der Waals surface area contributed by atoms with Crippen molar-refractivity contribution in [2.45, 2.75) is 11.7 Å². The van der Waals surface area contributed by atoms with Crippen LogP contribution in [-0.4, -0.2) is 18.5 Å². The molecule has 0 aromatic carbocycles. The summed E-state index contributed by atoms with van der Waals surface area (Å²) in [6.45, 7) is 0. The molecular weight excluding hydrogens is 406 g/mol. The van der Waals surface area contributed by atoms with Crippen molar-refractivity contribution in [2.24, 2.45) is 0 Å². The number of ether oxygens (including phenoxy) is 2. The van der Waals surface area contributed by atoms with Gasteiger partial charge in [0, 0.05) is 17.1 Å². The molecule has 8 heteroatoms. The lowest BCUT2D eigenvalue weighted by Crippen LogP contribution is -2.19. The summed E-state index contributed by atoms with van der Waals surface area (Å²) in [5.41, 5.74) is 0.308. The molecule has 0 aliphatic carbocycles. The smallest absolute Gasteiger partial charge is 0.480 e. The quantitative estimate of drug-likeness (QED) is 0.563. The molecule has 0 N–H and O–H groups in total. The molecule has 0 unspecified atom stereocenters. The molecule has 0 radical (unpaired) electrons. The monoisotopic (exact) mass is 411 g/mol. The Hall–Kier alpha value is -0.250. The maximum Gasteiger partial charge on any atom is 0.573 e. The van der Waals surface area contributed by atoms with Gasteiger partial charge in [0.25, 0.3) is 0 Å². The van der Waals surface area contributed by atoms with Crippen molar-refractivity contribution in [3.05, 3.63) is 15.3 Å². The van der Waals surface area contributed by atoms with E-state index < -0.39 is 6.36 Å². The zero-order valence-corrected chi connectivity index (χ0v) is 11.7. The Morgan fingerprint density at radius 3 is 2.56 bits per heavy atom. The fourth-order valence-corrected chi connectivity index (χ4v) is 2.17. The SMILES string of the molecule is COc1ncc(CBr)c(OC(F)(F)F)c1I. The molecule has 0 aliphatic heterocycles. The van der Waals surface area contributed by atoms with Crippen molar-refractivity contribution in [1.82, 2.24) is 4.98 Å². The Labute approximate surface area is 112 Å². The third kappa shape index (κ3) is 3.37. The highest BCUT2D eigenvalue weighted by molar-refractivity contribution is 14.1. The van der Waals surface area contributed by atoms with Crippen LogP contribution in [0.2, 0.25) is 0 Å². The lowest BCUT2D eigenvalue weighted by atomic mass is 10.3. The molecule has 0 atom stereocenters. The van der Waals surface area contributed by atoms with E-state index >= 15 is 0 Å². The van der Waals surface area contributed by atoms with E-state index in [-0.39, 0.29) is 20.5 Å². The second kappa shape index (κ2) is 5.39. The predicted molar refractivity (Wildman–Crippen MR) is 62.8 cm³/mol. The van der Waals surface area contributed by atoms with E-state index in [2.05, 4.69) is 25.7 Å². The molecular formula is C8H6BrF3INO2. The third-order valence-electron chi connectivity index (χ3n) is 1.57. The number of methoxy groups -OCH3 is 1. The molecule has 0 spiro atoms. The number of hydrogen-bond donors (Lipinski definition) is 0. The minimum atomic E-state index is -4.73. The molecule has 0 amide bonds. The number of alkyl halides is 4. The van der Waals surface area contributed by atoms with Gasteiger partial charge in [-0.25, -0.2) is 4.98 Å². The number of pyridine rings is 1. The summed E-state index contributed by atoms with van der Waals surface area (Å²) in [7, 11) is 1.33. The fraction of sp³-hybridized carbons (Fsp3) is 0.375. The van der Waals surface area contributed by atoms with Gasteiger partial charge in [-0.2, -0.15) is 0 Å². The van der Waals surface area contributed by atoms with Gasteiger partial charge in [0.05, 0.1) is 7.11 Å². The maximum atomic E-state index is 12.2. The minimum Gasteiger partial charge on any atom is -0.480 e. The summed E-state index contributed by atoms with van der Waals surface area (Å²) in [5, 5.41) is 0.214. The Morgan fingerprint density at radius 2 is 2.12 bits per heavy atom. The molecule has 90 valence electrons. The van der Waals surface area contributed by atoms with E-state index in [0.717, 1.165) is 0 Å². The lowest BCUT2D eigenvalue weighted by Gasteiger charge is -2.14. The van der Waals surface area contributed by atoms with Gasteiger partial charge in [0.2, 0.25) is 5.88 Å². The van der Waals surface area contributed by atoms with Crippen LogP contribution in [-0.2, 0) is 5.33 Å².